The molecule has 0 saturated carbocycles. The maximum absolute atomic E-state index is 11.3. The molecule has 3 rings (SSSR count). The summed E-state index contributed by atoms with van der Waals surface area (Å²) in [7, 11) is 1.28. The van der Waals surface area contributed by atoms with Crippen LogP contribution in [0.3, 0.4) is 0 Å². The van der Waals surface area contributed by atoms with Crippen molar-refractivity contribution in [3.05, 3.63) is 25.7 Å². The Morgan fingerprint density at radius 3 is 3.00 bits per heavy atom. The van der Waals surface area contributed by atoms with E-state index in [1.165, 1.54) is 13.2 Å². The molecule has 9 heteroatoms. The van der Waals surface area contributed by atoms with Gasteiger partial charge >= 0.3 is 5.97 Å². The van der Waals surface area contributed by atoms with Gasteiger partial charge in [0.15, 0.2) is 15.1 Å². The fraction of sp³-hybridized carbons (Fsp3) is 0.0833. The molecule has 0 bridgehead atoms. The molecular formula is C12H9N3O4S2. The van der Waals surface area contributed by atoms with Crippen molar-refractivity contribution in [2.24, 2.45) is 4.99 Å². The lowest BCUT2D eigenvalue weighted by Crippen LogP contribution is -2.12. The number of aromatic nitrogens is 1. The predicted octanol–water partition coefficient (Wildman–Crippen LogP) is 0.160. The number of aromatic hydroxyl groups is 1. The third kappa shape index (κ3) is 2.26. The molecule has 0 radical (unpaired) electrons. The van der Waals surface area contributed by atoms with E-state index in [9.17, 15) is 9.90 Å². The minimum Gasteiger partial charge on any atom is -0.492 e. The molecule has 0 aliphatic carbocycles. The average Bonchev–Trinajstić information content (AvgIpc) is 3.07. The molecule has 108 valence electrons. The van der Waals surface area contributed by atoms with Crippen molar-refractivity contribution in [3.63, 3.8) is 0 Å². The van der Waals surface area contributed by atoms with Crippen LogP contribution in [0.15, 0.2) is 15.5 Å². The molecule has 2 aromatic rings. The van der Waals surface area contributed by atoms with Crippen LogP contribution in [0, 0.1) is 3.95 Å². The first-order valence-corrected chi connectivity index (χ1v) is 6.92. The topological polar surface area (TPSA) is 103 Å². The molecule has 0 aromatic carbocycles. The molecular weight excluding hydrogens is 314 g/mol. The highest BCUT2D eigenvalue weighted by molar-refractivity contribution is 7.73. The van der Waals surface area contributed by atoms with Crippen LogP contribution < -0.4 is 16.7 Å². The van der Waals surface area contributed by atoms with Gasteiger partial charge in [-0.3, -0.25) is 0 Å². The van der Waals surface area contributed by atoms with Crippen molar-refractivity contribution < 1.29 is 19.1 Å². The quantitative estimate of drug-likeness (QED) is 0.464. The number of aliphatic imine (C=N–C) groups is 1. The lowest BCUT2D eigenvalue weighted by Gasteiger charge is -1.93. The van der Waals surface area contributed by atoms with Crippen LogP contribution in [-0.2, 0) is 9.53 Å². The van der Waals surface area contributed by atoms with Crippen LogP contribution in [-0.4, -0.2) is 28.6 Å². The van der Waals surface area contributed by atoms with E-state index in [1.54, 1.807) is 12.1 Å². The number of thiazole rings is 1. The zero-order chi connectivity index (χ0) is 15.1. The highest BCUT2D eigenvalue weighted by Gasteiger charge is 2.17. The number of fused-ring (bicyclic) bond motifs is 1. The monoisotopic (exact) mass is 323 g/mol. The first kappa shape index (κ1) is 13.6. The number of nitrogen functional groups attached to an aromatic ring is 1. The summed E-state index contributed by atoms with van der Waals surface area (Å²) in [4.78, 5) is 15.9. The molecule has 0 spiro atoms. The van der Waals surface area contributed by atoms with Crippen molar-refractivity contribution >= 4 is 53.1 Å². The minimum absolute atomic E-state index is 0.135. The fourth-order valence-corrected chi connectivity index (χ4v) is 2.88. The number of nitrogens with two attached hydrogens (primary N) is 1. The molecule has 3 N–H and O–H groups in total. The summed E-state index contributed by atoms with van der Waals surface area (Å²) in [6, 6.07) is 1.64. The van der Waals surface area contributed by atoms with Crippen molar-refractivity contribution in [2.45, 2.75) is 0 Å². The average molecular weight is 323 g/mol. The summed E-state index contributed by atoms with van der Waals surface area (Å²) in [5, 5.41) is 9.79. The summed E-state index contributed by atoms with van der Waals surface area (Å²) in [5.74, 6) is 4.88. The number of hydrogen-bond donors (Lipinski definition) is 2. The Bertz CT molecular complexity index is 948. The number of esters is 1. The van der Waals surface area contributed by atoms with Crippen LogP contribution in [0.2, 0.25) is 0 Å². The van der Waals surface area contributed by atoms with Crippen molar-refractivity contribution in [2.75, 3.05) is 13.0 Å². The molecule has 7 nitrogen and oxygen atoms in total. The Labute approximate surface area is 126 Å². The standard InChI is InChI=1S/C12H9N3O4S2/c1-18-11(17)7-4-8-6(14-7)2-5(19-8)3-9-10(16)15(13)12(20)21-9/h2-4,16H,13H2,1H3/b5-3+. The predicted molar refractivity (Wildman–Crippen MR) is 80.1 cm³/mol. The molecule has 0 atom stereocenters. The van der Waals surface area contributed by atoms with Crippen molar-refractivity contribution in [1.82, 2.24) is 4.68 Å². The highest BCUT2D eigenvalue weighted by Crippen LogP contribution is 2.24. The van der Waals surface area contributed by atoms with Crippen LogP contribution >= 0.6 is 23.6 Å². The van der Waals surface area contributed by atoms with E-state index >= 15 is 0 Å². The van der Waals surface area contributed by atoms with Gasteiger partial charge in [-0.05, 0) is 12.2 Å². The van der Waals surface area contributed by atoms with E-state index in [4.69, 9.17) is 22.5 Å². The van der Waals surface area contributed by atoms with Crippen molar-refractivity contribution in [3.8, 4) is 5.88 Å². The van der Waals surface area contributed by atoms with E-state index in [0.717, 1.165) is 16.0 Å². The van der Waals surface area contributed by atoms with Crippen LogP contribution in [0.5, 0.6) is 5.88 Å². The van der Waals surface area contributed by atoms with E-state index in [0.29, 0.717) is 25.3 Å². The van der Waals surface area contributed by atoms with E-state index in [2.05, 4.69) is 9.73 Å². The minimum atomic E-state index is -0.525. The zero-order valence-corrected chi connectivity index (χ0v) is 12.3. The van der Waals surface area contributed by atoms with Gasteiger partial charge in [0.1, 0.15) is 11.1 Å². The maximum Gasteiger partial charge on any atom is 0.356 e. The Morgan fingerprint density at radius 2 is 2.43 bits per heavy atom. The van der Waals surface area contributed by atoms with E-state index in [-0.39, 0.29) is 11.6 Å². The van der Waals surface area contributed by atoms with E-state index < -0.39 is 5.97 Å². The summed E-state index contributed by atoms with van der Waals surface area (Å²) >= 11 is 6.12. The summed E-state index contributed by atoms with van der Waals surface area (Å²) in [5.41, 5.74) is 1.63. The maximum atomic E-state index is 11.3. The van der Waals surface area contributed by atoms with Gasteiger partial charge in [0.25, 0.3) is 0 Å². The van der Waals surface area contributed by atoms with E-state index in [1.807, 2.05) is 0 Å². The number of ether oxygens (including phenoxy) is 1. The van der Waals surface area contributed by atoms with Gasteiger partial charge in [-0.2, -0.15) is 0 Å². The molecule has 0 unspecified atom stereocenters. The Balaban J connectivity index is 2.03. The zero-order valence-electron chi connectivity index (χ0n) is 10.7. The van der Waals surface area contributed by atoms with Gasteiger partial charge in [0.2, 0.25) is 5.88 Å². The third-order valence-electron chi connectivity index (χ3n) is 2.78. The number of carbonyl (C=O) groups excluding carboxylic acids is 1. The molecule has 21 heavy (non-hydrogen) atoms. The van der Waals surface area contributed by atoms with Crippen molar-refractivity contribution in [1.29, 1.82) is 0 Å². The summed E-state index contributed by atoms with van der Waals surface area (Å²) in [6.45, 7) is 0. The molecule has 2 aromatic heterocycles. The second kappa shape index (κ2) is 4.86. The van der Waals surface area contributed by atoms with Crippen LogP contribution in [0.25, 0.3) is 12.2 Å². The van der Waals surface area contributed by atoms with Gasteiger partial charge in [-0.15, -0.1) is 0 Å². The Kier molecular flexibility index (Phi) is 3.15. The number of methoxy groups -OCH3 is 1. The Hall–Kier alpha value is -2.39. The number of carbonyl (C=O) groups is 1. The van der Waals surface area contributed by atoms with Gasteiger partial charge < -0.3 is 20.1 Å². The summed E-state index contributed by atoms with van der Waals surface area (Å²) in [6.07, 6.45) is 3.09. The molecule has 0 fully saturated rings. The molecule has 0 saturated heterocycles. The number of rotatable bonds is 2. The SMILES string of the molecule is COC(=O)C1=Nc2c/c(=C\c3sc(=S)n(N)c3O)oc2=C1. The van der Waals surface area contributed by atoms with Gasteiger partial charge in [-0.1, -0.05) is 11.3 Å². The second-order valence-corrected chi connectivity index (χ2v) is 5.78. The third-order valence-corrected chi connectivity index (χ3v) is 4.12. The lowest BCUT2D eigenvalue weighted by atomic mass is 10.4. The van der Waals surface area contributed by atoms with Gasteiger partial charge in [0.05, 0.1) is 12.0 Å². The molecule has 1 aliphatic heterocycles. The number of furan rings is 1. The van der Waals surface area contributed by atoms with Gasteiger partial charge in [0, 0.05) is 18.2 Å². The molecule has 3 heterocycles. The molecule has 0 amide bonds. The largest absolute Gasteiger partial charge is 0.492 e. The van der Waals surface area contributed by atoms with Crippen LogP contribution in [0.4, 0.5) is 5.69 Å². The highest BCUT2D eigenvalue weighted by atomic mass is 32.1. The summed E-state index contributed by atoms with van der Waals surface area (Å²) < 4.78 is 11.5. The Morgan fingerprint density at radius 1 is 1.67 bits per heavy atom. The molecule has 1 aliphatic rings. The number of nitrogens with zero attached hydrogens (tertiary/aromatic N) is 2. The second-order valence-electron chi connectivity index (χ2n) is 4.10. The fourth-order valence-electron chi connectivity index (χ4n) is 1.79. The smallest absolute Gasteiger partial charge is 0.356 e. The first-order chi connectivity index (χ1) is 9.99. The van der Waals surface area contributed by atoms with Crippen LogP contribution in [0.1, 0.15) is 4.88 Å². The lowest BCUT2D eigenvalue weighted by molar-refractivity contribution is -0.132. The normalized spacial score (nSPS) is 13.8. The first-order valence-electron chi connectivity index (χ1n) is 5.70. The van der Waals surface area contributed by atoms with Gasteiger partial charge in [-0.25, -0.2) is 14.5 Å². The number of hydrogen-bond acceptors (Lipinski definition) is 8.